The van der Waals surface area contributed by atoms with E-state index in [4.69, 9.17) is 4.99 Å². The Bertz CT molecular complexity index is 1410. The van der Waals surface area contributed by atoms with Gasteiger partial charge in [0.15, 0.2) is 5.17 Å². The predicted molar refractivity (Wildman–Crippen MR) is 144 cm³/mol. The van der Waals surface area contributed by atoms with Gasteiger partial charge in [-0.2, -0.15) is 0 Å². The van der Waals surface area contributed by atoms with Crippen molar-refractivity contribution in [2.24, 2.45) is 4.99 Å². The number of thioether (sulfide) groups is 1. The highest BCUT2D eigenvalue weighted by molar-refractivity contribution is 8.15. The quantitative estimate of drug-likeness (QED) is 0.353. The lowest BCUT2D eigenvalue weighted by Gasteiger charge is -2.17. The molecule has 1 unspecified atom stereocenters. The van der Waals surface area contributed by atoms with Crippen molar-refractivity contribution in [3.05, 3.63) is 108 Å². The Balaban J connectivity index is 1.38. The van der Waals surface area contributed by atoms with Crippen molar-refractivity contribution >= 4 is 50.9 Å². The zero-order valence-electron chi connectivity index (χ0n) is 19.3. The number of fused-ring (bicyclic) bond motifs is 1. The van der Waals surface area contributed by atoms with Crippen molar-refractivity contribution in [3.63, 3.8) is 0 Å². The minimum atomic E-state index is -0.531. The molecule has 1 aliphatic rings. The number of nitrogens with one attached hydrogen (secondary N) is 1. The minimum absolute atomic E-state index is 0.0742. The second-order valence-corrected chi connectivity index (χ2v) is 9.65. The van der Waals surface area contributed by atoms with E-state index in [2.05, 4.69) is 5.32 Å². The Hall–Kier alpha value is -3.90. The molecule has 174 valence electrons. The van der Waals surface area contributed by atoms with Crippen molar-refractivity contribution in [1.82, 2.24) is 4.90 Å². The molecule has 1 atom stereocenters. The third-order valence-corrected chi connectivity index (χ3v) is 7.14. The van der Waals surface area contributed by atoms with Crippen LogP contribution in [0.4, 0.5) is 11.4 Å². The van der Waals surface area contributed by atoms with Crippen LogP contribution in [-0.4, -0.2) is 27.1 Å². The predicted octanol–water partition coefficient (Wildman–Crippen LogP) is 6.31. The number of amidine groups is 1. The Morgan fingerprint density at radius 3 is 2.46 bits per heavy atom. The first kappa shape index (κ1) is 22.9. The molecule has 5 nitrogen and oxygen atoms in total. The number of hydrogen-bond donors (Lipinski definition) is 1. The van der Waals surface area contributed by atoms with Gasteiger partial charge in [-0.25, -0.2) is 4.99 Å². The normalized spacial score (nSPS) is 16.7. The number of carbonyl (C=O) groups is 2. The van der Waals surface area contributed by atoms with Crippen LogP contribution in [0, 0.1) is 6.92 Å². The standard InChI is InChI=1S/C29H25N3O2S/c1-20-10-5-8-16-24(20)31-29-32(19-21-11-3-2-4-12-21)28(34)26(35-29)18-27(33)30-25-17-9-14-22-13-6-7-15-23(22)25/h2-17,26H,18-19H2,1H3,(H,30,33). The Morgan fingerprint density at radius 1 is 0.914 bits per heavy atom. The van der Waals surface area contributed by atoms with Gasteiger partial charge in [-0.3, -0.25) is 14.5 Å². The molecule has 4 aromatic carbocycles. The van der Waals surface area contributed by atoms with Gasteiger partial charge in [-0.05, 0) is 35.6 Å². The summed E-state index contributed by atoms with van der Waals surface area (Å²) in [7, 11) is 0. The van der Waals surface area contributed by atoms with Crippen LogP contribution in [0.25, 0.3) is 10.8 Å². The summed E-state index contributed by atoms with van der Waals surface area (Å²) in [6.45, 7) is 2.41. The lowest BCUT2D eigenvalue weighted by atomic mass is 10.1. The Morgan fingerprint density at radius 2 is 1.63 bits per heavy atom. The average Bonchev–Trinajstić information content (AvgIpc) is 3.15. The van der Waals surface area contributed by atoms with Crippen LogP contribution < -0.4 is 5.32 Å². The highest BCUT2D eigenvalue weighted by Crippen LogP contribution is 2.34. The Labute approximate surface area is 208 Å². The zero-order chi connectivity index (χ0) is 24.2. The van der Waals surface area contributed by atoms with Gasteiger partial charge < -0.3 is 5.32 Å². The van der Waals surface area contributed by atoms with Crippen LogP contribution in [0.1, 0.15) is 17.5 Å². The van der Waals surface area contributed by atoms with Gasteiger partial charge >= 0.3 is 0 Å². The smallest absolute Gasteiger partial charge is 0.242 e. The number of benzene rings is 4. The van der Waals surface area contributed by atoms with E-state index in [9.17, 15) is 9.59 Å². The monoisotopic (exact) mass is 479 g/mol. The highest BCUT2D eigenvalue weighted by atomic mass is 32.2. The third kappa shape index (κ3) is 5.12. The number of carbonyl (C=O) groups excluding carboxylic acids is 2. The number of rotatable bonds is 6. The molecule has 4 aromatic rings. The van der Waals surface area contributed by atoms with E-state index in [0.29, 0.717) is 11.7 Å². The van der Waals surface area contributed by atoms with Crippen LogP contribution in [0.5, 0.6) is 0 Å². The summed E-state index contributed by atoms with van der Waals surface area (Å²) in [4.78, 5) is 33.0. The third-order valence-electron chi connectivity index (χ3n) is 5.97. The topological polar surface area (TPSA) is 61.8 Å². The second-order valence-electron chi connectivity index (χ2n) is 8.48. The van der Waals surface area contributed by atoms with Crippen LogP contribution >= 0.6 is 11.8 Å². The van der Waals surface area contributed by atoms with Gasteiger partial charge in [0.05, 0.1) is 12.2 Å². The maximum absolute atomic E-state index is 13.4. The number of anilines is 1. The van der Waals surface area contributed by atoms with Crippen LogP contribution in [0.3, 0.4) is 0 Å². The average molecular weight is 480 g/mol. The molecule has 0 saturated carbocycles. The number of para-hydroxylation sites is 1. The fourth-order valence-corrected chi connectivity index (χ4v) is 5.28. The first-order valence-corrected chi connectivity index (χ1v) is 12.4. The van der Waals surface area contributed by atoms with Gasteiger partial charge in [0.25, 0.3) is 0 Å². The summed E-state index contributed by atoms with van der Waals surface area (Å²) in [5.41, 5.74) is 3.62. The van der Waals surface area contributed by atoms with Crippen LogP contribution in [-0.2, 0) is 16.1 Å². The fourth-order valence-electron chi connectivity index (χ4n) is 4.13. The zero-order valence-corrected chi connectivity index (χ0v) is 20.2. The lowest BCUT2D eigenvalue weighted by Crippen LogP contribution is -2.33. The van der Waals surface area contributed by atoms with E-state index in [1.807, 2.05) is 104 Å². The molecule has 35 heavy (non-hydrogen) atoms. The molecule has 1 aliphatic heterocycles. The molecule has 1 N–H and O–H groups in total. The molecule has 1 heterocycles. The van der Waals surface area contributed by atoms with Gasteiger partial charge in [0, 0.05) is 17.5 Å². The largest absolute Gasteiger partial charge is 0.325 e. The number of aryl methyl sites for hydroxylation is 1. The van der Waals surface area contributed by atoms with E-state index < -0.39 is 5.25 Å². The van der Waals surface area contributed by atoms with E-state index in [-0.39, 0.29) is 18.2 Å². The van der Waals surface area contributed by atoms with E-state index in [1.165, 1.54) is 11.8 Å². The molecule has 0 spiro atoms. The number of amides is 2. The summed E-state index contributed by atoms with van der Waals surface area (Å²) in [6, 6.07) is 31.4. The summed E-state index contributed by atoms with van der Waals surface area (Å²) < 4.78 is 0. The molecule has 0 aromatic heterocycles. The lowest BCUT2D eigenvalue weighted by molar-refractivity contribution is -0.128. The molecule has 1 fully saturated rings. The van der Waals surface area contributed by atoms with E-state index in [1.54, 1.807) is 4.90 Å². The minimum Gasteiger partial charge on any atom is -0.325 e. The van der Waals surface area contributed by atoms with Crippen molar-refractivity contribution < 1.29 is 9.59 Å². The molecule has 2 amide bonds. The number of hydrogen-bond acceptors (Lipinski definition) is 4. The van der Waals surface area contributed by atoms with Crippen LogP contribution in [0.15, 0.2) is 102 Å². The van der Waals surface area contributed by atoms with Crippen molar-refractivity contribution in [2.75, 3.05) is 5.32 Å². The second kappa shape index (κ2) is 10.2. The summed E-state index contributed by atoms with van der Waals surface area (Å²) in [5, 5.41) is 5.13. The van der Waals surface area contributed by atoms with Gasteiger partial charge in [0.1, 0.15) is 5.25 Å². The maximum atomic E-state index is 13.4. The van der Waals surface area contributed by atoms with Gasteiger partial charge in [-0.15, -0.1) is 0 Å². The highest BCUT2D eigenvalue weighted by Gasteiger charge is 2.39. The van der Waals surface area contributed by atoms with Crippen LogP contribution in [0.2, 0.25) is 0 Å². The molecule has 0 bridgehead atoms. The molecule has 5 rings (SSSR count). The fraction of sp³-hybridized carbons (Fsp3) is 0.138. The van der Waals surface area contributed by atoms with E-state index in [0.717, 1.165) is 33.3 Å². The molecule has 1 saturated heterocycles. The molecular formula is C29H25N3O2S. The van der Waals surface area contributed by atoms with Gasteiger partial charge in [0.2, 0.25) is 11.8 Å². The molecule has 0 radical (unpaired) electrons. The van der Waals surface area contributed by atoms with Gasteiger partial charge in [-0.1, -0.05) is 96.7 Å². The SMILES string of the molecule is Cc1ccccc1N=C1SC(CC(=O)Nc2cccc3ccccc23)C(=O)N1Cc1ccccc1. The van der Waals surface area contributed by atoms with Crippen molar-refractivity contribution in [3.8, 4) is 0 Å². The summed E-state index contributed by atoms with van der Waals surface area (Å²) in [6.07, 6.45) is 0.0742. The first-order valence-electron chi connectivity index (χ1n) is 11.5. The summed E-state index contributed by atoms with van der Waals surface area (Å²) in [5.74, 6) is -0.289. The first-order chi connectivity index (χ1) is 17.1. The number of aliphatic imine (C=N–C) groups is 1. The molecular weight excluding hydrogens is 454 g/mol. The van der Waals surface area contributed by atoms with Crippen molar-refractivity contribution in [2.45, 2.75) is 25.1 Å². The number of nitrogens with zero attached hydrogens (tertiary/aromatic N) is 2. The summed E-state index contributed by atoms with van der Waals surface area (Å²) >= 11 is 1.36. The Kier molecular flexibility index (Phi) is 6.64. The molecule has 0 aliphatic carbocycles. The van der Waals surface area contributed by atoms with E-state index >= 15 is 0 Å². The van der Waals surface area contributed by atoms with Crippen molar-refractivity contribution in [1.29, 1.82) is 0 Å². The maximum Gasteiger partial charge on any atom is 0.242 e. The molecule has 6 heteroatoms.